The third kappa shape index (κ3) is 9.82. The average Bonchev–Trinajstić information content (AvgIpc) is 3.96. The molecule has 2 saturated heterocycles. The van der Waals surface area contributed by atoms with Crippen LogP contribution in [-0.4, -0.2) is 158 Å². The van der Waals surface area contributed by atoms with Crippen LogP contribution in [0.5, 0.6) is 5.75 Å². The number of nitrogens with one attached hydrogen (secondary N) is 1. The molecule has 23 heteroatoms. The number of phenols is 1. The first-order valence-corrected chi connectivity index (χ1v) is 21.6. The zero-order chi connectivity index (χ0) is 46.8. The molecular formula is C44H46N14O9. The summed E-state index contributed by atoms with van der Waals surface area (Å²) in [6.45, 7) is 4.57. The van der Waals surface area contributed by atoms with Crippen LogP contribution in [0.4, 0.5) is 23.5 Å². The van der Waals surface area contributed by atoms with Crippen molar-refractivity contribution in [1.82, 2.24) is 54.7 Å². The Morgan fingerprint density at radius 2 is 1.37 bits per heavy atom. The number of hydrogen-bond acceptors (Lipinski definition) is 18. The maximum atomic E-state index is 13.3. The zero-order valence-corrected chi connectivity index (χ0v) is 36.3. The molecule has 67 heavy (non-hydrogen) atoms. The van der Waals surface area contributed by atoms with Crippen molar-refractivity contribution in [2.45, 2.75) is 39.0 Å². The van der Waals surface area contributed by atoms with E-state index in [9.17, 15) is 39.6 Å². The molecule has 0 spiro atoms. The average molecular weight is 915 g/mol. The van der Waals surface area contributed by atoms with Gasteiger partial charge in [0.15, 0.2) is 5.43 Å². The van der Waals surface area contributed by atoms with E-state index >= 15 is 0 Å². The second-order valence-electron chi connectivity index (χ2n) is 16.3. The molecule has 0 saturated carbocycles. The van der Waals surface area contributed by atoms with Gasteiger partial charge in [0.05, 0.1) is 23.1 Å². The van der Waals surface area contributed by atoms with Crippen LogP contribution in [0.3, 0.4) is 0 Å². The number of aromatic nitrogens is 9. The molecule has 9 rings (SSSR count). The summed E-state index contributed by atoms with van der Waals surface area (Å²) in [5.74, 6) is -0.594. The summed E-state index contributed by atoms with van der Waals surface area (Å²) in [5.41, 5.74) is 2.74. The minimum Gasteiger partial charge on any atom is -0.508 e. The molecule has 0 bridgehead atoms. The summed E-state index contributed by atoms with van der Waals surface area (Å²) in [6, 6.07) is 13.6. The number of aromatic hydroxyl groups is 1. The van der Waals surface area contributed by atoms with Gasteiger partial charge in [-0.2, -0.15) is 15.0 Å². The first-order valence-electron chi connectivity index (χ1n) is 21.6. The molecule has 5 aromatic rings. The summed E-state index contributed by atoms with van der Waals surface area (Å²) >= 11 is 0. The maximum Gasteiger partial charge on any atom is 0.336 e. The number of fused-ring (bicyclic) bond motifs is 2. The lowest BCUT2D eigenvalue weighted by molar-refractivity contribution is -0.133. The van der Waals surface area contributed by atoms with Crippen LogP contribution in [0.15, 0.2) is 76.2 Å². The quantitative estimate of drug-likeness (QED) is 0.0959. The third-order valence-corrected chi connectivity index (χ3v) is 11.5. The van der Waals surface area contributed by atoms with Gasteiger partial charge in [0.25, 0.3) is 0 Å². The predicted molar refractivity (Wildman–Crippen MR) is 240 cm³/mol. The Bertz CT molecular complexity index is 2990. The molecule has 0 radical (unpaired) electrons. The molecule has 2 fully saturated rings. The number of nitrogens with zero attached hydrogens (tertiary/aromatic N) is 13. The summed E-state index contributed by atoms with van der Waals surface area (Å²) in [5, 5.41) is 59.6. The third-order valence-electron chi connectivity index (χ3n) is 11.5. The Labute approximate surface area is 380 Å². The van der Waals surface area contributed by atoms with Crippen molar-refractivity contribution in [3.8, 4) is 28.2 Å². The molecule has 5 N–H and O–H groups in total. The summed E-state index contributed by atoms with van der Waals surface area (Å²) in [4.78, 5) is 73.7. The van der Waals surface area contributed by atoms with Gasteiger partial charge in [-0.25, -0.2) is 14.2 Å². The molecule has 1 atom stereocenters. The highest BCUT2D eigenvalue weighted by molar-refractivity contribution is 6.08. The Morgan fingerprint density at radius 1 is 0.761 bits per heavy atom. The number of carbonyl (C=O) groups excluding carboxylic acids is 2. The molecule has 346 valence electrons. The van der Waals surface area contributed by atoms with Crippen LogP contribution < -0.4 is 20.5 Å². The number of aliphatic hydroxyl groups is 2. The molecule has 1 unspecified atom stereocenters. The van der Waals surface area contributed by atoms with E-state index in [4.69, 9.17) is 19.4 Å². The van der Waals surface area contributed by atoms with Crippen LogP contribution in [0, 0.1) is 0 Å². The fraction of sp³-hybridized carbons (Fsp3) is 0.341. The van der Waals surface area contributed by atoms with E-state index in [0.717, 1.165) is 0 Å². The fourth-order valence-electron chi connectivity index (χ4n) is 8.23. The largest absolute Gasteiger partial charge is 0.508 e. The number of benzene rings is 3. The normalized spacial score (nSPS) is 14.8. The molecule has 2 amide bonds. The number of carbonyl (C=O) groups is 3. The van der Waals surface area contributed by atoms with E-state index in [0.29, 0.717) is 116 Å². The number of piperazine rings is 2. The Balaban J connectivity index is 0.979. The van der Waals surface area contributed by atoms with Gasteiger partial charge in [-0.1, -0.05) is 16.5 Å². The van der Waals surface area contributed by atoms with Gasteiger partial charge in [-0.3, -0.25) is 14.4 Å². The maximum absolute atomic E-state index is 13.3. The Hall–Kier alpha value is -8.05. The van der Waals surface area contributed by atoms with E-state index in [2.05, 4.69) is 25.9 Å². The fourth-order valence-corrected chi connectivity index (χ4v) is 8.23. The highest BCUT2D eigenvalue weighted by Gasteiger charge is 2.29. The number of phenolic OH excluding ortho intramolecular Hbond substituents is 1. The number of anilines is 4. The van der Waals surface area contributed by atoms with Crippen molar-refractivity contribution < 1.29 is 39.2 Å². The van der Waals surface area contributed by atoms with Crippen LogP contribution in [0.1, 0.15) is 28.7 Å². The number of rotatable bonds is 14. The molecule has 2 aromatic carbocycles. The molecular weight excluding hydrogens is 869 g/mol. The zero-order valence-electron chi connectivity index (χ0n) is 36.3. The van der Waals surface area contributed by atoms with E-state index in [1.807, 2.05) is 9.80 Å². The second-order valence-corrected chi connectivity index (χ2v) is 16.3. The lowest BCUT2D eigenvalue weighted by Gasteiger charge is -2.36. The van der Waals surface area contributed by atoms with Gasteiger partial charge < -0.3 is 49.8 Å². The summed E-state index contributed by atoms with van der Waals surface area (Å²) in [7, 11) is 0. The number of aromatic carboxylic acids is 1. The number of hydrogen-bond donors (Lipinski definition) is 5. The smallest absolute Gasteiger partial charge is 0.336 e. The van der Waals surface area contributed by atoms with E-state index in [1.165, 1.54) is 39.7 Å². The second kappa shape index (κ2) is 18.8. The SMILES string of the molecule is CC(O)Cc1cn(CC(=O)N2CCN(c3nc(Nc4ccc(-c5c6ccc(=O)cc-6oc6cc(O)ccc56)c(C(=O)O)c4)nc(N4CCN(C(=O)Cn5cc(CCO)nn5)CC4)n3)CC2)nn1. The van der Waals surface area contributed by atoms with Crippen molar-refractivity contribution >= 4 is 52.3 Å². The highest BCUT2D eigenvalue weighted by Crippen LogP contribution is 2.42. The Morgan fingerprint density at radius 3 is 1.99 bits per heavy atom. The van der Waals surface area contributed by atoms with Gasteiger partial charge in [-0.15, -0.1) is 10.2 Å². The molecule has 1 aliphatic carbocycles. The van der Waals surface area contributed by atoms with Crippen LogP contribution in [-0.2, 0) is 35.5 Å². The Kier molecular flexibility index (Phi) is 12.4. The minimum absolute atomic E-state index is 0.00637. The summed E-state index contributed by atoms with van der Waals surface area (Å²) < 4.78 is 8.89. The molecule has 4 aliphatic rings. The molecule has 23 nitrogen and oxygen atoms in total. The van der Waals surface area contributed by atoms with Crippen molar-refractivity contribution in [2.75, 3.05) is 74.1 Å². The minimum atomic E-state index is -1.23. The van der Waals surface area contributed by atoms with Crippen molar-refractivity contribution in [2.24, 2.45) is 0 Å². The van der Waals surface area contributed by atoms with E-state index < -0.39 is 12.1 Å². The molecule has 3 aliphatic heterocycles. The first-order chi connectivity index (χ1) is 32.4. The van der Waals surface area contributed by atoms with Gasteiger partial charge in [0.2, 0.25) is 29.7 Å². The van der Waals surface area contributed by atoms with Gasteiger partial charge in [0, 0.05) is 119 Å². The predicted octanol–water partition coefficient (Wildman–Crippen LogP) is 1.24. The topological polar surface area (TPSA) is 287 Å². The van der Waals surface area contributed by atoms with Gasteiger partial charge >= 0.3 is 5.97 Å². The highest BCUT2D eigenvalue weighted by atomic mass is 16.4. The lowest BCUT2D eigenvalue weighted by Crippen LogP contribution is -2.51. The summed E-state index contributed by atoms with van der Waals surface area (Å²) in [6.07, 6.45) is 3.36. The number of amides is 2. The lowest BCUT2D eigenvalue weighted by atomic mass is 9.90. The van der Waals surface area contributed by atoms with E-state index in [-0.39, 0.29) is 65.5 Å². The number of carboxylic acids is 1. The van der Waals surface area contributed by atoms with Crippen molar-refractivity contribution in [3.63, 3.8) is 0 Å². The first kappa shape index (κ1) is 44.2. The van der Waals surface area contributed by atoms with Crippen molar-refractivity contribution in [1.29, 1.82) is 0 Å². The number of carboxylic acid groups (broad SMARTS) is 1. The molecule has 3 aromatic heterocycles. The monoisotopic (exact) mass is 914 g/mol. The van der Waals surface area contributed by atoms with Crippen molar-refractivity contribution in [3.05, 3.63) is 94.2 Å². The van der Waals surface area contributed by atoms with Crippen LogP contribution in [0.25, 0.3) is 33.4 Å². The number of aliphatic hydroxyl groups excluding tert-OH is 2. The van der Waals surface area contributed by atoms with E-state index in [1.54, 1.807) is 53.4 Å². The van der Waals surface area contributed by atoms with Crippen LogP contribution in [0.2, 0.25) is 0 Å². The van der Waals surface area contributed by atoms with Gasteiger partial charge in [0.1, 0.15) is 30.2 Å². The van der Waals surface area contributed by atoms with Crippen LogP contribution >= 0.6 is 0 Å². The standard InChI is InChI=1S/C44H46N14O9/c1-26(60)18-29-23-58(52-50-29)25-39(64)54-11-15-56(16-12-54)44-47-42(46-43(48-44)55-13-9-53(10-14-55)38(63)24-57-22-28(8-17-59)49-51-57)45-27-2-5-32(35(19-27)41(65)66)40-33-6-3-30(61)20-36(33)67-37-21-31(62)4-7-34(37)40/h2-7,19-23,26,59-61H,8-18,24-25H2,1H3,(H,65,66)(H,45,46,47,48). The molecule has 6 heterocycles. The van der Waals surface area contributed by atoms with Gasteiger partial charge in [-0.05, 0) is 48.9 Å².